The van der Waals surface area contributed by atoms with Gasteiger partial charge in [-0.3, -0.25) is 4.79 Å². The van der Waals surface area contributed by atoms with Crippen molar-refractivity contribution in [2.45, 2.75) is 31.6 Å². The Hall–Kier alpha value is -2.46. The molecule has 1 saturated heterocycles. The Balaban J connectivity index is 1.45. The first-order valence-corrected chi connectivity index (χ1v) is 13.2. The van der Waals surface area contributed by atoms with Crippen LogP contribution in [0.15, 0.2) is 45.1 Å². The van der Waals surface area contributed by atoms with Gasteiger partial charge < -0.3 is 9.84 Å². The molecule has 1 fully saturated rings. The van der Waals surface area contributed by atoms with E-state index in [1.165, 1.54) is 4.31 Å². The fourth-order valence-corrected chi connectivity index (χ4v) is 6.30. The highest BCUT2D eigenvalue weighted by Crippen LogP contribution is 2.30. The monoisotopic (exact) mass is 505 g/mol. The van der Waals surface area contributed by atoms with Gasteiger partial charge in [-0.2, -0.15) is 4.31 Å². The number of hydrogen-bond acceptors (Lipinski definition) is 6. The van der Waals surface area contributed by atoms with Crippen molar-refractivity contribution in [1.29, 1.82) is 0 Å². The van der Waals surface area contributed by atoms with Gasteiger partial charge in [0.2, 0.25) is 15.9 Å². The number of piperidine rings is 1. The van der Waals surface area contributed by atoms with E-state index in [1.54, 1.807) is 42.5 Å². The molecule has 0 saturated carbocycles. The normalized spacial score (nSPS) is 15.8. The smallest absolute Gasteiger partial charge is 0.248 e. The highest BCUT2D eigenvalue weighted by molar-refractivity contribution is 7.89. The summed E-state index contributed by atoms with van der Waals surface area (Å²) in [5.74, 6) is -0.202. The largest absolute Gasteiger partial charge is 0.355 e. The predicted octanol–water partition coefficient (Wildman–Crippen LogP) is 5.22. The average Bonchev–Trinajstić information content (AvgIpc) is 3.44. The zero-order valence-corrected chi connectivity index (χ0v) is 20.6. The molecule has 2 aromatic heterocycles. The van der Waals surface area contributed by atoms with E-state index >= 15 is 0 Å². The van der Waals surface area contributed by atoms with Crippen LogP contribution in [0.2, 0.25) is 5.02 Å². The minimum atomic E-state index is -3.81. The Morgan fingerprint density at radius 3 is 2.70 bits per heavy atom. The number of nitrogens with zero attached hydrogens (tertiary/aromatic N) is 2. The predicted molar refractivity (Wildman–Crippen MR) is 131 cm³/mol. The van der Waals surface area contributed by atoms with E-state index in [0.717, 1.165) is 10.4 Å². The summed E-state index contributed by atoms with van der Waals surface area (Å²) in [5, 5.41) is 9.29. The lowest BCUT2D eigenvalue weighted by Crippen LogP contribution is -2.41. The van der Waals surface area contributed by atoms with Gasteiger partial charge in [0.05, 0.1) is 0 Å². The number of nitrogens with one attached hydrogen (secondary N) is 1. The number of halogens is 1. The Labute approximate surface area is 202 Å². The van der Waals surface area contributed by atoms with Crippen molar-refractivity contribution in [1.82, 2.24) is 9.46 Å². The first kappa shape index (κ1) is 23.7. The number of benzene rings is 1. The fourth-order valence-electron chi connectivity index (χ4n) is 3.79. The van der Waals surface area contributed by atoms with E-state index in [0.29, 0.717) is 29.2 Å². The zero-order chi connectivity index (χ0) is 23.6. The van der Waals surface area contributed by atoms with E-state index in [2.05, 4.69) is 10.5 Å². The Morgan fingerprint density at radius 1 is 1.24 bits per heavy atom. The summed E-state index contributed by atoms with van der Waals surface area (Å²) in [6, 6.07) is 9.18. The maximum absolute atomic E-state index is 13.4. The molecule has 3 heterocycles. The average molecular weight is 506 g/mol. The highest BCUT2D eigenvalue weighted by atomic mass is 35.5. The molecule has 1 aliphatic rings. The molecular formula is C23H24ClN3O4S2. The lowest BCUT2D eigenvalue weighted by atomic mass is 9.97. The molecule has 1 N–H and O–H groups in total. The third-order valence-electron chi connectivity index (χ3n) is 5.66. The molecule has 174 valence electrons. The molecule has 0 bridgehead atoms. The first-order valence-electron chi connectivity index (χ1n) is 10.5. The summed E-state index contributed by atoms with van der Waals surface area (Å²) >= 11 is 7.58. The van der Waals surface area contributed by atoms with Crippen LogP contribution in [0.1, 0.15) is 34.7 Å². The van der Waals surface area contributed by atoms with Crippen LogP contribution in [0.3, 0.4) is 0 Å². The molecule has 0 atom stereocenters. The number of thiophene rings is 1. The summed E-state index contributed by atoms with van der Waals surface area (Å²) in [6.45, 7) is 4.00. The van der Waals surface area contributed by atoms with Gasteiger partial charge in [0.25, 0.3) is 0 Å². The molecule has 3 aromatic rings. The van der Waals surface area contributed by atoms with Gasteiger partial charge in [-0.25, -0.2) is 8.42 Å². The lowest BCUT2D eigenvalue weighted by molar-refractivity contribution is -0.120. The van der Waals surface area contributed by atoms with Gasteiger partial charge in [-0.1, -0.05) is 28.9 Å². The molecule has 0 spiro atoms. The number of rotatable bonds is 6. The SMILES string of the molecule is Cc1ccc(Cl)cc1NC(=O)C1CCN(S(=O)(=O)c2c(C)noc2/C=C/c2cccs2)CC1. The maximum atomic E-state index is 13.4. The maximum Gasteiger partial charge on any atom is 0.248 e. The molecule has 33 heavy (non-hydrogen) atoms. The number of aryl methyl sites for hydroxylation is 2. The molecule has 0 radical (unpaired) electrons. The zero-order valence-electron chi connectivity index (χ0n) is 18.2. The molecule has 1 aromatic carbocycles. The van der Waals surface area contributed by atoms with Crippen molar-refractivity contribution < 1.29 is 17.7 Å². The van der Waals surface area contributed by atoms with Gasteiger partial charge in [0.15, 0.2) is 10.7 Å². The molecule has 1 amide bonds. The number of carbonyl (C=O) groups is 1. The number of carbonyl (C=O) groups excluding carboxylic acids is 1. The van der Waals surface area contributed by atoms with E-state index in [4.69, 9.17) is 16.1 Å². The molecular weight excluding hydrogens is 482 g/mol. The van der Waals surface area contributed by atoms with Gasteiger partial charge in [-0.15, -0.1) is 11.3 Å². The van der Waals surface area contributed by atoms with Crippen molar-refractivity contribution >= 4 is 56.7 Å². The Bertz CT molecular complexity index is 1280. The minimum absolute atomic E-state index is 0.0766. The van der Waals surface area contributed by atoms with Crippen molar-refractivity contribution in [2.24, 2.45) is 5.92 Å². The van der Waals surface area contributed by atoms with E-state index < -0.39 is 10.0 Å². The molecule has 10 heteroatoms. The molecule has 0 unspecified atom stereocenters. The summed E-state index contributed by atoms with van der Waals surface area (Å²) in [5.41, 5.74) is 1.90. The van der Waals surface area contributed by atoms with Crippen molar-refractivity contribution in [3.63, 3.8) is 0 Å². The van der Waals surface area contributed by atoms with Crippen LogP contribution in [0.5, 0.6) is 0 Å². The molecule has 0 aliphatic carbocycles. The first-order chi connectivity index (χ1) is 15.8. The van der Waals surface area contributed by atoms with E-state index in [-0.39, 0.29) is 35.6 Å². The van der Waals surface area contributed by atoms with Crippen molar-refractivity contribution in [3.05, 3.63) is 62.6 Å². The third kappa shape index (κ3) is 5.22. The lowest BCUT2D eigenvalue weighted by Gasteiger charge is -2.30. The number of amides is 1. The molecule has 1 aliphatic heterocycles. The van der Waals surface area contributed by atoms with E-state index in [9.17, 15) is 13.2 Å². The van der Waals surface area contributed by atoms with E-state index in [1.807, 2.05) is 30.5 Å². The summed E-state index contributed by atoms with van der Waals surface area (Å²) < 4.78 is 33.5. The van der Waals surface area contributed by atoms with Crippen molar-refractivity contribution in [3.8, 4) is 0 Å². The second-order valence-electron chi connectivity index (χ2n) is 7.94. The van der Waals surface area contributed by atoms with Crippen LogP contribution in [0.4, 0.5) is 5.69 Å². The molecule has 7 nitrogen and oxygen atoms in total. The topological polar surface area (TPSA) is 92.5 Å². The third-order valence-corrected chi connectivity index (χ3v) is 8.79. The second-order valence-corrected chi connectivity index (χ2v) is 11.2. The van der Waals surface area contributed by atoms with Crippen LogP contribution in [-0.2, 0) is 14.8 Å². The Kier molecular flexibility index (Phi) is 7.04. The number of aromatic nitrogens is 1. The minimum Gasteiger partial charge on any atom is -0.355 e. The number of sulfonamides is 1. The van der Waals surface area contributed by atoms with Gasteiger partial charge in [-0.05, 0) is 68.0 Å². The van der Waals surface area contributed by atoms with Gasteiger partial charge in [0, 0.05) is 34.6 Å². The van der Waals surface area contributed by atoms with Crippen LogP contribution in [-0.4, -0.2) is 36.9 Å². The highest BCUT2D eigenvalue weighted by Gasteiger charge is 2.36. The number of hydrogen-bond donors (Lipinski definition) is 1. The Morgan fingerprint density at radius 2 is 2.00 bits per heavy atom. The van der Waals surface area contributed by atoms with Crippen LogP contribution < -0.4 is 5.32 Å². The summed E-state index contributed by atoms with van der Waals surface area (Å²) in [6.07, 6.45) is 4.29. The quantitative estimate of drug-likeness (QED) is 0.496. The van der Waals surface area contributed by atoms with Crippen LogP contribution >= 0.6 is 22.9 Å². The van der Waals surface area contributed by atoms with Crippen LogP contribution in [0.25, 0.3) is 12.2 Å². The van der Waals surface area contributed by atoms with Gasteiger partial charge >= 0.3 is 0 Å². The standard InChI is InChI=1S/C23H24ClN3O4S2/c1-15-5-6-18(24)14-20(15)25-23(28)17-9-11-27(12-10-17)33(29,30)22-16(2)26-31-21(22)8-7-19-4-3-13-32-19/h3-8,13-14,17H,9-12H2,1-2H3,(H,25,28)/b8-7+. The second kappa shape index (κ2) is 9.80. The molecule has 4 rings (SSSR count). The fraction of sp³-hybridized carbons (Fsp3) is 0.304. The van der Waals surface area contributed by atoms with Crippen LogP contribution in [0, 0.1) is 19.8 Å². The van der Waals surface area contributed by atoms with Crippen molar-refractivity contribution in [2.75, 3.05) is 18.4 Å². The summed E-state index contributed by atoms with van der Waals surface area (Å²) in [7, 11) is -3.81. The number of anilines is 1. The summed E-state index contributed by atoms with van der Waals surface area (Å²) in [4.78, 5) is 13.8. The van der Waals surface area contributed by atoms with Gasteiger partial charge in [0.1, 0.15) is 5.69 Å².